The quantitative estimate of drug-likeness (QED) is 0.286. The molecule has 0 saturated heterocycles. The van der Waals surface area contributed by atoms with E-state index < -0.39 is 11.6 Å². The molecule has 0 amide bonds. The highest BCUT2D eigenvalue weighted by atomic mass is 19.2. The van der Waals surface area contributed by atoms with Crippen LogP contribution < -0.4 is 0 Å². The molecule has 3 aromatic carbocycles. The lowest BCUT2D eigenvalue weighted by Gasteiger charge is -2.10. The summed E-state index contributed by atoms with van der Waals surface area (Å²) in [5.41, 5.74) is 3.96. The molecule has 2 heteroatoms. The van der Waals surface area contributed by atoms with Gasteiger partial charge in [-0.2, -0.15) is 0 Å². The maximum absolute atomic E-state index is 14.8. The van der Waals surface area contributed by atoms with Gasteiger partial charge in [0.05, 0.1) is 0 Å². The molecule has 0 unspecified atom stereocenters. The summed E-state index contributed by atoms with van der Waals surface area (Å²) >= 11 is 0. The molecule has 0 saturated carbocycles. The number of unbranched alkanes of at least 4 members (excludes halogenated alkanes) is 3. The molecule has 3 aromatic rings. The Hall–Kier alpha value is -2.92. The first-order chi connectivity index (χ1) is 14.1. The first-order valence-electron chi connectivity index (χ1n) is 10.2. The van der Waals surface area contributed by atoms with E-state index in [2.05, 4.69) is 18.8 Å². The molecule has 0 atom stereocenters. The lowest BCUT2D eigenvalue weighted by atomic mass is 9.97. The Bertz CT molecular complexity index is 1000. The number of aryl methyl sites for hydroxylation is 1. The topological polar surface area (TPSA) is 0 Å². The zero-order valence-corrected chi connectivity index (χ0v) is 17.1. The molecule has 0 aliphatic carbocycles. The van der Waals surface area contributed by atoms with Crippen molar-refractivity contribution in [2.24, 2.45) is 0 Å². The van der Waals surface area contributed by atoms with Gasteiger partial charge in [-0.3, -0.25) is 0 Å². The monoisotopic (exact) mass is 388 g/mol. The fourth-order valence-electron chi connectivity index (χ4n) is 3.48. The summed E-state index contributed by atoms with van der Waals surface area (Å²) in [4.78, 5) is 0. The van der Waals surface area contributed by atoms with E-state index in [0.29, 0.717) is 11.1 Å². The number of hydrogen-bond acceptors (Lipinski definition) is 0. The summed E-state index contributed by atoms with van der Waals surface area (Å²) in [7, 11) is 0. The lowest BCUT2D eigenvalue weighted by molar-refractivity contribution is 0.514. The minimum atomic E-state index is -0.819. The zero-order chi connectivity index (χ0) is 20.6. The SMILES string of the molecule is CC#Cc1ccc(-c2ccc(-c3ccc(CCCCCC)cc3)c(F)c2F)cc1. The highest BCUT2D eigenvalue weighted by Gasteiger charge is 2.16. The molecule has 0 bridgehead atoms. The largest absolute Gasteiger partial charge is 0.203 e. The summed E-state index contributed by atoms with van der Waals surface area (Å²) < 4.78 is 29.6. The van der Waals surface area contributed by atoms with Crippen LogP contribution in [0.4, 0.5) is 8.78 Å². The predicted octanol–water partition coefficient (Wildman–Crippen LogP) is 7.79. The van der Waals surface area contributed by atoms with E-state index >= 15 is 0 Å². The van der Waals surface area contributed by atoms with Crippen molar-refractivity contribution >= 4 is 0 Å². The molecule has 3 rings (SSSR count). The predicted molar refractivity (Wildman–Crippen MR) is 118 cm³/mol. The molecule has 0 spiro atoms. The minimum absolute atomic E-state index is 0.259. The average molecular weight is 389 g/mol. The number of benzene rings is 3. The second-order valence-corrected chi connectivity index (χ2v) is 7.25. The van der Waals surface area contributed by atoms with Crippen LogP contribution in [0.3, 0.4) is 0 Å². The number of halogens is 2. The molecular formula is C27H26F2. The molecule has 0 fully saturated rings. The Balaban J connectivity index is 1.81. The Morgan fingerprint density at radius 2 is 1.24 bits per heavy atom. The van der Waals surface area contributed by atoms with Gasteiger partial charge in [0.15, 0.2) is 11.6 Å². The second kappa shape index (κ2) is 10.0. The first kappa shape index (κ1) is 20.8. The fraction of sp³-hybridized carbons (Fsp3) is 0.259. The molecule has 0 aromatic heterocycles. The molecule has 0 N–H and O–H groups in total. The van der Waals surface area contributed by atoms with Gasteiger partial charge in [0.1, 0.15) is 0 Å². The fourth-order valence-corrected chi connectivity index (χ4v) is 3.48. The Kier molecular flexibility index (Phi) is 7.19. The lowest BCUT2D eigenvalue weighted by Crippen LogP contribution is -1.94. The van der Waals surface area contributed by atoms with Gasteiger partial charge in [-0.1, -0.05) is 80.6 Å². The third-order valence-corrected chi connectivity index (χ3v) is 5.13. The van der Waals surface area contributed by atoms with Gasteiger partial charge >= 0.3 is 0 Å². The maximum Gasteiger partial charge on any atom is 0.167 e. The van der Waals surface area contributed by atoms with Gasteiger partial charge in [-0.05, 0) is 48.6 Å². The summed E-state index contributed by atoms with van der Waals surface area (Å²) in [5, 5.41) is 0. The van der Waals surface area contributed by atoms with Gasteiger partial charge in [0.25, 0.3) is 0 Å². The zero-order valence-electron chi connectivity index (χ0n) is 17.1. The minimum Gasteiger partial charge on any atom is -0.203 e. The van der Waals surface area contributed by atoms with E-state index in [1.807, 2.05) is 36.4 Å². The molecule has 0 heterocycles. The molecule has 0 nitrogen and oxygen atoms in total. The highest BCUT2D eigenvalue weighted by molar-refractivity contribution is 5.72. The second-order valence-electron chi connectivity index (χ2n) is 7.25. The van der Waals surface area contributed by atoms with Crippen molar-refractivity contribution in [1.82, 2.24) is 0 Å². The normalized spacial score (nSPS) is 10.5. The van der Waals surface area contributed by atoms with Gasteiger partial charge in [0.2, 0.25) is 0 Å². The smallest absolute Gasteiger partial charge is 0.167 e. The van der Waals surface area contributed by atoms with Gasteiger partial charge in [-0.15, -0.1) is 5.92 Å². The van der Waals surface area contributed by atoms with Crippen molar-refractivity contribution < 1.29 is 8.78 Å². The van der Waals surface area contributed by atoms with Crippen LogP contribution in [0, 0.1) is 23.5 Å². The van der Waals surface area contributed by atoms with Crippen LogP contribution >= 0.6 is 0 Å². The standard InChI is InChI=1S/C27H26F2/c1-3-5-6-7-9-21-12-16-23(17-13-21)25-19-18-24(26(28)27(25)29)22-14-10-20(8-4-2)11-15-22/h10-19H,3,5-7,9H2,1-2H3. The molecule has 0 aliphatic rings. The third kappa shape index (κ3) is 5.12. The average Bonchev–Trinajstić information content (AvgIpc) is 2.75. The van der Waals surface area contributed by atoms with Crippen molar-refractivity contribution in [3.63, 3.8) is 0 Å². The van der Waals surface area contributed by atoms with E-state index in [9.17, 15) is 8.78 Å². The van der Waals surface area contributed by atoms with Crippen LogP contribution in [0.15, 0.2) is 60.7 Å². The van der Waals surface area contributed by atoms with Crippen molar-refractivity contribution in [2.45, 2.75) is 46.0 Å². The summed E-state index contributed by atoms with van der Waals surface area (Å²) in [6.45, 7) is 3.96. The molecule has 148 valence electrons. The van der Waals surface area contributed by atoms with Gasteiger partial charge < -0.3 is 0 Å². The van der Waals surface area contributed by atoms with Crippen molar-refractivity contribution in [1.29, 1.82) is 0 Å². The molecule has 29 heavy (non-hydrogen) atoms. The van der Waals surface area contributed by atoms with E-state index in [4.69, 9.17) is 0 Å². The Morgan fingerprint density at radius 3 is 1.76 bits per heavy atom. The van der Waals surface area contributed by atoms with Crippen LogP contribution in [0.5, 0.6) is 0 Å². The number of rotatable bonds is 7. The van der Waals surface area contributed by atoms with Crippen LogP contribution in [0.1, 0.15) is 50.7 Å². The summed E-state index contributed by atoms with van der Waals surface area (Å²) in [5.74, 6) is 4.15. The van der Waals surface area contributed by atoms with Crippen molar-refractivity contribution in [3.05, 3.63) is 83.4 Å². The van der Waals surface area contributed by atoms with Crippen LogP contribution in [0.25, 0.3) is 22.3 Å². The summed E-state index contributed by atoms with van der Waals surface area (Å²) in [6.07, 6.45) is 5.88. The van der Waals surface area contributed by atoms with E-state index in [1.54, 1.807) is 31.2 Å². The maximum atomic E-state index is 14.8. The van der Waals surface area contributed by atoms with Crippen LogP contribution in [0.2, 0.25) is 0 Å². The third-order valence-electron chi connectivity index (χ3n) is 5.13. The Labute approximate surface area is 172 Å². The van der Waals surface area contributed by atoms with Gasteiger partial charge in [0, 0.05) is 16.7 Å². The van der Waals surface area contributed by atoms with Crippen molar-refractivity contribution in [2.75, 3.05) is 0 Å². The molecule has 0 aliphatic heterocycles. The van der Waals surface area contributed by atoms with Crippen LogP contribution in [-0.2, 0) is 6.42 Å². The highest BCUT2D eigenvalue weighted by Crippen LogP contribution is 2.31. The van der Waals surface area contributed by atoms with Gasteiger partial charge in [-0.25, -0.2) is 8.78 Å². The molecular weight excluding hydrogens is 362 g/mol. The number of hydrogen-bond donors (Lipinski definition) is 0. The molecule has 0 radical (unpaired) electrons. The van der Waals surface area contributed by atoms with E-state index in [1.165, 1.54) is 24.8 Å². The van der Waals surface area contributed by atoms with Crippen LogP contribution in [-0.4, -0.2) is 0 Å². The summed E-state index contributed by atoms with van der Waals surface area (Å²) in [6, 6.07) is 18.3. The van der Waals surface area contributed by atoms with Crippen molar-refractivity contribution in [3.8, 4) is 34.1 Å². The Morgan fingerprint density at radius 1 is 0.690 bits per heavy atom. The van der Waals surface area contributed by atoms with E-state index in [-0.39, 0.29) is 11.1 Å². The van der Waals surface area contributed by atoms with E-state index in [0.717, 1.165) is 18.4 Å². The first-order valence-corrected chi connectivity index (χ1v) is 10.2.